The number of fused-ring (bicyclic) bond motifs is 1. The third-order valence-corrected chi connectivity index (χ3v) is 9.34. The van der Waals surface area contributed by atoms with Crippen molar-refractivity contribution < 1.29 is 13.2 Å². The first-order chi connectivity index (χ1) is 18.6. The molecule has 1 aromatic carbocycles. The van der Waals surface area contributed by atoms with E-state index in [0.717, 1.165) is 42.4 Å². The molecular formula is C26H27Cl2N7O3S. The van der Waals surface area contributed by atoms with Gasteiger partial charge in [0.05, 0.1) is 21.8 Å². The van der Waals surface area contributed by atoms with Crippen LogP contribution in [0.2, 0.25) is 10.0 Å². The number of hydrogen-bond donors (Lipinski definition) is 1. The van der Waals surface area contributed by atoms with Crippen LogP contribution in [0, 0.1) is 5.41 Å². The van der Waals surface area contributed by atoms with Crippen LogP contribution in [0.15, 0.2) is 43.0 Å². The summed E-state index contributed by atoms with van der Waals surface area (Å²) in [6.45, 7) is 4.52. The van der Waals surface area contributed by atoms with Crippen LogP contribution < -0.4 is 9.64 Å². The number of nitrogens with one attached hydrogen (secondary N) is 1. The van der Waals surface area contributed by atoms with Gasteiger partial charge in [0.15, 0.2) is 0 Å². The smallest absolute Gasteiger partial charge is 0.225 e. The monoisotopic (exact) mass is 587 g/mol. The number of rotatable bonds is 6. The summed E-state index contributed by atoms with van der Waals surface area (Å²) in [7, 11) is -3.18. The zero-order chi connectivity index (χ0) is 27.4. The number of nitrogens with zero attached hydrogens (tertiary/aromatic N) is 6. The van der Waals surface area contributed by atoms with Gasteiger partial charge in [-0.05, 0) is 38.0 Å². The summed E-state index contributed by atoms with van der Waals surface area (Å²) < 4.78 is 31.8. The molecule has 10 nitrogen and oxygen atoms in total. The maximum Gasteiger partial charge on any atom is 0.225 e. The highest BCUT2D eigenvalue weighted by atomic mass is 35.5. The van der Waals surface area contributed by atoms with E-state index in [4.69, 9.17) is 27.9 Å². The van der Waals surface area contributed by atoms with E-state index in [2.05, 4.69) is 30.0 Å². The number of piperidine rings is 1. The molecule has 13 heteroatoms. The number of H-pyrrole nitrogens is 1. The Bertz CT molecular complexity index is 1620. The van der Waals surface area contributed by atoms with Crippen molar-refractivity contribution in [3.63, 3.8) is 0 Å². The first-order valence-corrected chi connectivity index (χ1v) is 15.2. The van der Waals surface area contributed by atoms with Gasteiger partial charge in [0.1, 0.15) is 17.5 Å². The molecule has 0 unspecified atom stereocenters. The van der Waals surface area contributed by atoms with Gasteiger partial charge in [0, 0.05) is 72.9 Å². The SMILES string of the molecule is C[C@@H](Oc1ccc2[nH]nc(-c3cnc(N4CC5(CCCN(S(C)(=O)=O)C5)C4)nc3)c2c1)c1c(Cl)cncc1Cl. The summed E-state index contributed by atoms with van der Waals surface area (Å²) in [5.74, 6) is 1.27. The zero-order valence-electron chi connectivity index (χ0n) is 21.4. The van der Waals surface area contributed by atoms with E-state index in [1.807, 2.05) is 25.1 Å². The van der Waals surface area contributed by atoms with Gasteiger partial charge in [-0.1, -0.05) is 23.2 Å². The molecule has 1 N–H and O–H groups in total. The van der Waals surface area contributed by atoms with E-state index >= 15 is 0 Å². The van der Waals surface area contributed by atoms with Gasteiger partial charge < -0.3 is 9.64 Å². The van der Waals surface area contributed by atoms with Crippen molar-refractivity contribution in [2.24, 2.45) is 5.41 Å². The van der Waals surface area contributed by atoms with E-state index in [-0.39, 0.29) is 5.41 Å². The molecule has 2 fully saturated rings. The highest BCUT2D eigenvalue weighted by molar-refractivity contribution is 7.88. The molecule has 0 bridgehead atoms. The van der Waals surface area contributed by atoms with Crippen LogP contribution in [0.3, 0.4) is 0 Å². The molecule has 2 saturated heterocycles. The summed E-state index contributed by atoms with van der Waals surface area (Å²) in [6.07, 6.45) is 9.39. The minimum atomic E-state index is -3.18. The number of aromatic amines is 1. The Balaban J connectivity index is 1.18. The second kappa shape index (κ2) is 9.88. The van der Waals surface area contributed by atoms with Crippen molar-refractivity contribution in [1.29, 1.82) is 0 Å². The predicted molar refractivity (Wildman–Crippen MR) is 151 cm³/mol. The van der Waals surface area contributed by atoms with Gasteiger partial charge >= 0.3 is 0 Å². The standard InChI is InChI=1S/C26H27Cl2N7O3S/c1-16(23-20(27)11-29-12-21(23)28)38-18-4-5-22-19(8-18)24(33-32-22)17-9-30-25(31-10-17)34-13-26(14-34)6-3-7-35(15-26)39(2,36)37/h4-5,8-12,16H,3,6-7,13-15H2,1-2H3,(H,32,33)/t16-/m1/s1. The topological polar surface area (TPSA) is 117 Å². The Kier molecular flexibility index (Phi) is 6.65. The Labute approximate surface area is 236 Å². The molecule has 0 aliphatic carbocycles. The molecule has 2 aliphatic heterocycles. The van der Waals surface area contributed by atoms with Gasteiger partial charge in [-0.2, -0.15) is 5.10 Å². The molecule has 39 heavy (non-hydrogen) atoms. The average Bonchev–Trinajstić information content (AvgIpc) is 3.30. The number of hydrogen-bond acceptors (Lipinski definition) is 8. The van der Waals surface area contributed by atoms with E-state index < -0.39 is 16.1 Å². The number of ether oxygens (including phenoxy) is 1. The molecule has 1 atom stereocenters. The van der Waals surface area contributed by atoms with Crippen molar-refractivity contribution >= 4 is 50.1 Å². The van der Waals surface area contributed by atoms with Crippen LogP contribution in [-0.2, 0) is 10.0 Å². The van der Waals surface area contributed by atoms with Gasteiger partial charge in [-0.3, -0.25) is 10.1 Å². The second-order valence-corrected chi connectivity index (χ2v) is 13.2. The number of pyridine rings is 1. The van der Waals surface area contributed by atoms with Gasteiger partial charge in [0.25, 0.3) is 0 Å². The van der Waals surface area contributed by atoms with E-state index in [1.165, 1.54) is 6.26 Å². The van der Waals surface area contributed by atoms with Crippen LogP contribution in [0.4, 0.5) is 5.95 Å². The largest absolute Gasteiger partial charge is 0.486 e. The lowest BCUT2D eigenvalue weighted by Crippen LogP contribution is -2.64. The number of sulfonamides is 1. The van der Waals surface area contributed by atoms with Gasteiger partial charge in [-0.15, -0.1) is 0 Å². The maximum absolute atomic E-state index is 12.0. The first-order valence-electron chi connectivity index (χ1n) is 12.6. The quantitative estimate of drug-likeness (QED) is 0.344. The van der Waals surface area contributed by atoms with E-state index in [9.17, 15) is 8.42 Å². The highest BCUT2D eigenvalue weighted by Gasteiger charge is 2.48. The fourth-order valence-corrected chi connectivity index (χ4v) is 7.22. The number of aromatic nitrogens is 5. The summed E-state index contributed by atoms with van der Waals surface area (Å²) in [5, 5.41) is 9.31. The Morgan fingerprint density at radius 3 is 2.49 bits per heavy atom. The molecule has 3 aromatic heterocycles. The number of benzene rings is 1. The fraction of sp³-hybridized carbons (Fsp3) is 0.385. The van der Waals surface area contributed by atoms with Crippen molar-refractivity contribution in [2.45, 2.75) is 25.9 Å². The summed E-state index contributed by atoms with van der Waals surface area (Å²) in [5.41, 5.74) is 2.98. The van der Waals surface area contributed by atoms with Crippen LogP contribution in [0.5, 0.6) is 5.75 Å². The number of anilines is 1. The lowest BCUT2D eigenvalue weighted by molar-refractivity contribution is 0.107. The lowest BCUT2D eigenvalue weighted by Gasteiger charge is -2.54. The zero-order valence-corrected chi connectivity index (χ0v) is 23.8. The third-order valence-electron chi connectivity index (χ3n) is 7.49. The van der Waals surface area contributed by atoms with E-state index in [0.29, 0.717) is 46.1 Å². The molecule has 1 spiro atoms. The highest BCUT2D eigenvalue weighted by Crippen LogP contribution is 2.41. The predicted octanol–water partition coefficient (Wildman–Crippen LogP) is 4.72. The van der Waals surface area contributed by atoms with Gasteiger partial charge in [-0.25, -0.2) is 22.7 Å². The van der Waals surface area contributed by atoms with Crippen molar-refractivity contribution in [3.05, 3.63) is 58.6 Å². The first kappa shape index (κ1) is 26.2. The average molecular weight is 589 g/mol. The summed E-state index contributed by atoms with van der Waals surface area (Å²) >= 11 is 12.6. The van der Waals surface area contributed by atoms with Crippen molar-refractivity contribution in [2.75, 3.05) is 37.3 Å². The Morgan fingerprint density at radius 2 is 1.79 bits per heavy atom. The van der Waals surface area contributed by atoms with Crippen LogP contribution in [0.25, 0.3) is 22.2 Å². The molecule has 204 valence electrons. The van der Waals surface area contributed by atoms with E-state index in [1.54, 1.807) is 29.1 Å². The molecular weight excluding hydrogens is 561 g/mol. The molecule has 5 heterocycles. The molecule has 0 saturated carbocycles. The van der Waals surface area contributed by atoms with Crippen molar-refractivity contribution in [1.82, 2.24) is 29.5 Å². The third kappa shape index (κ3) is 5.04. The van der Waals surface area contributed by atoms with Crippen LogP contribution in [-0.4, -0.2) is 70.3 Å². The minimum Gasteiger partial charge on any atom is -0.486 e. The molecule has 0 amide bonds. The normalized spacial score (nSPS) is 18.3. The molecule has 0 radical (unpaired) electrons. The van der Waals surface area contributed by atoms with Crippen molar-refractivity contribution in [3.8, 4) is 17.0 Å². The molecule has 2 aliphatic rings. The maximum atomic E-state index is 12.0. The summed E-state index contributed by atoms with van der Waals surface area (Å²) in [6, 6.07) is 5.68. The molecule has 4 aromatic rings. The minimum absolute atomic E-state index is 0.0278. The fourth-order valence-electron chi connectivity index (χ4n) is 5.57. The second-order valence-electron chi connectivity index (χ2n) is 10.4. The Hall–Kier alpha value is -2.99. The summed E-state index contributed by atoms with van der Waals surface area (Å²) in [4.78, 5) is 15.3. The van der Waals surface area contributed by atoms with Crippen LogP contribution in [0.1, 0.15) is 31.4 Å². The van der Waals surface area contributed by atoms with Crippen LogP contribution >= 0.6 is 23.2 Å². The number of halogens is 2. The van der Waals surface area contributed by atoms with Gasteiger partial charge in [0.2, 0.25) is 16.0 Å². The lowest BCUT2D eigenvalue weighted by atomic mass is 9.74. The Morgan fingerprint density at radius 1 is 1.08 bits per heavy atom. The molecule has 6 rings (SSSR count).